The third-order valence-corrected chi connectivity index (χ3v) is 4.61. The molecule has 1 rings (SSSR count). The summed E-state index contributed by atoms with van der Waals surface area (Å²) < 4.78 is 27.0. The summed E-state index contributed by atoms with van der Waals surface area (Å²) in [6.07, 6.45) is 3.51. The average molecular weight is 311 g/mol. The van der Waals surface area contributed by atoms with Crippen molar-refractivity contribution in [3.05, 3.63) is 35.9 Å². The molecule has 0 heterocycles. The van der Waals surface area contributed by atoms with Gasteiger partial charge in [0.05, 0.1) is 11.8 Å². The monoisotopic (exact) mass is 311 g/mol. The van der Waals surface area contributed by atoms with Gasteiger partial charge in [-0.15, -0.1) is 0 Å². The van der Waals surface area contributed by atoms with Gasteiger partial charge in [-0.1, -0.05) is 57.0 Å². The Morgan fingerprint density at radius 2 is 1.81 bits per heavy atom. The molecule has 0 saturated heterocycles. The van der Waals surface area contributed by atoms with E-state index in [2.05, 4.69) is 4.72 Å². The van der Waals surface area contributed by atoms with E-state index in [-0.39, 0.29) is 11.5 Å². The lowest BCUT2D eigenvalue weighted by molar-refractivity contribution is -0.120. The van der Waals surface area contributed by atoms with Crippen LogP contribution in [0.5, 0.6) is 0 Å². The Bertz CT molecular complexity index is 526. The number of ketones is 1. The maximum Gasteiger partial charge on any atom is 0.216 e. The summed E-state index contributed by atoms with van der Waals surface area (Å²) in [4.78, 5) is 12.1. The topological polar surface area (TPSA) is 63.2 Å². The number of carbonyl (C=O) groups is 1. The lowest BCUT2D eigenvalue weighted by atomic mass is 10.0. The maximum atomic E-state index is 12.2. The number of sulfonamides is 1. The number of Topliss-reactive ketones (excluding diaryl/α,β-unsaturated/α-hetero) is 1. The van der Waals surface area contributed by atoms with Crippen molar-refractivity contribution in [1.82, 2.24) is 4.72 Å². The second kappa shape index (κ2) is 8.95. The molecular formula is C16H25NO3S. The summed E-state index contributed by atoms with van der Waals surface area (Å²) in [6.45, 7) is 3.95. The van der Waals surface area contributed by atoms with Crippen LogP contribution in [-0.2, 0) is 20.6 Å². The fourth-order valence-corrected chi connectivity index (χ4v) is 3.56. The first-order valence-corrected chi connectivity index (χ1v) is 9.20. The quantitative estimate of drug-likeness (QED) is 0.722. The molecule has 1 N–H and O–H groups in total. The molecule has 0 aliphatic heterocycles. The van der Waals surface area contributed by atoms with Gasteiger partial charge in [0.15, 0.2) is 5.78 Å². The average Bonchev–Trinajstić information content (AvgIpc) is 2.44. The third-order valence-electron chi connectivity index (χ3n) is 3.25. The highest BCUT2D eigenvalue weighted by molar-refractivity contribution is 7.88. The van der Waals surface area contributed by atoms with E-state index >= 15 is 0 Å². The van der Waals surface area contributed by atoms with Gasteiger partial charge in [-0.25, -0.2) is 13.1 Å². The molecule has 0 aromatic heterocycles. The van der Waals surface area contributed by atoms with Crippen molar-refractivity contribution in [2.45, 2.75) is 57.7 Å². The third kappa shape index (κ3) is 6.87. The fraction of sp³-hybridized carbons (Fsp3) is 0.562. The zero-order chi connectivity index (χ0) is 15.7. The number of hydrogen-bond acceptors (Lipinski definition) is 3. The molecule has 1 unspecified atom stereocenters. The standard InChI is InChI=1S/C16H25NO3S/c1-3-5-12-15(16(18)9-4-2)17-21(19,20)13-14-10-7-6-8-11-14/h6-8,10-11,15,17H,3-5,9,12-13H2,1-2H3. The zero-order valence-corrected chi connectivity index (χ0v) is 13.7. The fourth-order valence-electron chi connectivity index (χ4n) is 2.17. The largest absolute Gasteiger partial charge is 0.298 e. The van der Waals surface area contributed by atoms with Gasteiger partial charge in [-0.3, -0.25) is 4.79 Å². The molecule has 0 aliphatic carbocycles. The van der Waals surface area contributed by atoms with Crippen LogP contribution in [0.2, 0.25) is 0 Å². The first-order chi connectivity index (χ1) is 9.98. The summed E-state index contributed by atoms with van der Waals surface area (Å²) >= 11 is 0. The van der Waals surface area contributed by atoms with E-state index in [1.807, 2.05) is 32.0 Å². The molecule has 1 aromatic carbocycles. The molecule has 0 saturated carbocycles. The molecule has 0 fully saturated rings. The number of carbonyl (C=O) groups excluding carboxylic acids is 1. The molecule has 1 atom stereocenters. The lowest BCUT2D eigenvalue weighted by Gasteiger charge is -2.17. The Morgan fingerprint density at radius 3 is 2.38 bits per heavy atom. The number of hydrogen-bond donors (Lipinski definition) is 1. The van der Waals surface area contributed by atoms with Gasteiger partial charge in [0.2, 0.25) is 10.0 Å². The predicted molar refractivity (Wildman–Crippen MR) is 85.4 cm³/mol. The molecule has 0 radical (unpaired) electrons. The van der Waals surface area contributed by atoms with Crippen LogP contribution in [0.4, 0.5) is 0 Å². The second-order valence-electron chi connectivity index (χ2n) is 5.27. The number of benzene rings is 1. The highest BCUT2D eigenvalue weighted by Gasteiger charge is 2.23. The Balaban J connectivity index is 2.73. The van der Waals surface area contributed by atoms with Gasteiger partial charge in [0, 0.05) is 6.42 Å². The molecule has 0 aliphatic rings. The minimum Gasteiger partial charge on any atom is -0.298 e. The Hall–Kier alpha value is -1.20. The lowest BCUT2D eigenvalue weighted by Crippen LogP contribution is -2.41. The summed E-state index contributed by atoms with van der Waals surface area (Å²) in [5.41, 5.74) is 0.724. The van der Waals surface area contributed by atoms with Crippen LogP contribution in [0.15, 0.2) is 30.3 Å². The van der Waals surface area contributed by atoms with Crippen molar-refractivity contribution in [1.29, 1.82) is 0 Å². The van der Waals surface area contributed by atoms with Crippen LogP contribution >= 0.6 is 0 Å². The van der Waals surface area contributed by atoms with Gasteiger partial charge in [-0.05, 0) is 18.4 Å². The van der Waals surface area contributed by atoms with E-state index < -0.39 is 16.1 Å². The number of unbranched alkanes of at least 4 members (excludes halogenated alkanes) is 1. The molecular weight excluding hydrogens is 286 g/mol. The van der Waals surface area contributed by atoms with Crippen molar-refractivity contribution < 1.29 is 13.2 Å². The van der Waals surface area contributed by atoms with E-state index in [0.29, 0.717) is 12.8 Å². The highest BCUT2D eigenvalue weighted by Crippen LogP contribution is 2.10. The van der Waals surface area contributed by atoms with Crippen LogP contribution in [0.3, 0.4) is 0 Å². The second-order valence-corrected chi connectivity index (χ2v) is 7.03. The normalized spacial score (nSPS) is 13.0. The molecule has 4 nitrogen and oxygen atoms in total. The molecule has 118 valence electrons. The van der Waals surface area contributed by atoms with Crippen LogP contribution in [0.1, 0.15) is 51.5 Å². The minimum atomic E-state index is -3.50. The van der Waals surface area contributed by atoms with Crippen LogP contribution in [0, 0.1) is 0 Å². The van der Waals surface area contributed by atoms with E-state index in [9.17, 15) is 13.2 Å². The van der Waals surface area contributed by atoms with Crippen LogP contribution in [0.25, 0.3) is 0 Å². The molecule has 5 heteroatoms. The summed E-state index contributed by atoms with van der Waals surface area (Å²) in [7, 11) is -3.50. The Labute approximate surface area is 128 Å². The first-order valence-electron chi connectivity index (χ1n) is 7.55. The molecule has 0 amide bonds. The van der Waals surface area contributed by atoms with Crippen LogP contribution in [-0.4, -0.2) is 20.2 Å². The van der Waals surface area contributed by atoms with Gasteiger partial charge < -0.3 is 0 Å². The smallest absolute Gasteiger partial charge is 0.216 e. The van der Waals surface area contributed by atoms with Crippen molar-refractivity contribution in [2.24, 2.45) is 0 Å². The van der Waals surface area contributed by atoms with Gasteiger partial charge >= 0.3 is 0 Å². The Morgan fingerprint density at radius 1 is 1.14 bits per heavy atom. The SMILES string of the molecule is CCCCC(NS(=O)(=O)Cc1ccccc1)C(=O)CCC. The summed E-state index contributed by atoms with van der Waals surface area (Å²) in [6, 6.07) is 8.42. The number of nitrogens with one attached hydrogen (secondary N) is 1. The van der Waals surface area contributed by atoms with Crippen molar-refractivity contribution >= 4 is 15.8 Å². The van der Waals surface area contributed by atoms with Crippen LogP contribution < -0.4 is 4.72 Å². The molecule has 0 spiro atoms. The highest BCUT2D eigenvalue weighted by atomic mass is 32.2. The Kier molecular flexibility index (Phi) is 7.61. The zero-order valence-electron chi connectivity index (χ0n) is 12.8. The molecule has 1 aromatic rings. The van der Waals surface area contributed by atoms with E-state index in [0.717, 1.165) is 24.8 Å². The molecule has 0 bridgehead atoms. The van der Waals surface area contributed by atoms with Crippen molar-refractivity contribution in [3.63, 3.8) is 0 Å². The minimum absolute atomic E-state index is 0.0115. The maximum absolute atomic E-state index is 12.2. The van der Waals surface area contributed by atoms with E-state index in [1.54, 1.807) is 12.1 Å². The van der Waals surface area contributed by atoms with Crippen molar-refractivity contribution in [2.75, 3.05) is 0 Å². The summed E-state index contributed by atoms with van der Waals surface area (Å²) in [5.74, 6) is -0.0989. The van der Waals surface area contributed by atoms with Gasteiger partial charge in [0.1, 0.15) is 0 Å². The number of rotatable bonds is 10. The predicted octanol–water partition coefficient (Wildman–Crippen LogP) is 3.03. The van der Waals surface area contributed by atoms with Crippen molar-refractivity contribution in [3.8, 4) is 0 Å². The first kappa shape index (κ1) is 17.9. The van der Waals surface area contributed by atoms with E-state index in [1.165, 1.54) is 0 Å². The van der Waals surface area contributed by atoms with Gasteiger partial charge in [-0.2, -0.15) is 0 Å². The summed E-state index contributed by atoms with van der Waals surface area (Å²) in [5, 5.41) is 0. The molecule has 21 heavy (non-hydrogen) atoms. The van der Waals surface area contributed by atoms with Gasteiger partial charge in [0.25, 0.3) is 0 Å². The van der Waals surface area contributed by atoms with E-state index in [4.69, 9.17) is 0 Å².